The zero-order valence-corrected chi connectivity index (χ0v) is 21.3. The van der Waals surface area contributed by atoms with Gasteiger partial charge in [-0.15, -0.1) is 0 Å². The minimum Gasteiger partial charge on any atom is -0.459 e. The van der Waals surface area contributed by atoms with Crippen LogP contribution < -0.4 is 0 Å². The third-order valence-corrected chi connectivity index (χ3v) is 8.04. The van der Waals surface area contributed by atoms with E-state index in [2.05, 4.69) is 6.58 Å². The lowest BCUT2D eigenvalue weighted by atomic mass is 9.53. The molecule has 8 nitrogen and oxygen atoms in total. The normalized spacial score (nSPS) is 33.6. The largest absolute Gasteiger partial charge is 0.459 e. The lowest BCUT2D eigenvalue weighted by Gasteiger charge is -2.59. The summed E-state index contributed by atoms with van der Waals surface area (Å²) < 4.78 is 28.6. The molecule has 5 aliphatic carbocycles. The third-order valence-electron chi connectivity index (χ3n) is 8.04. The molecule has 4 atom stereocenters. The second-order valence-corrected chi connectivity index (χ2v) is 11.1. The highest BCUT2D eigenvalue weighted by Gasteiger charge is 2.58. The van der Waals surface area contributed by atoms with Crippen LogP contribution in [0.15, 0.2) is 12.2 Å². The van der Waals surface area contributed by atoms with Crippen molar-refractivity contribution in [2.45, 2.75) is 115 Å². The van der Waals surface area contributed by atoms with E-state index >= 15 is 0 Å². The molecule has 0 heterocycles. The van der Waals surface area contributed by atoms with Gasteiger partial charge in [-0.25, -0.2) is 14.4 Å². The van der Waals surface area contributed by atoms with E-state index in [0.29, 0.717) is 5.92 Å². The van der Waals surface area contributed by atoms with Gasteiger partial charge in [0.15, 0.2) is 12.7 Å². The van der Waals surface area contributed by atoms with E-state index in [1.807, 2.05) is 0 Å². The second-order valence-electron chi connectivity index (χ2n) is 11.1. The number of ether oxygens (including phenoxy) is 5. The van der Waals surface area contributed by atoms with Crippen molar-refractivity contribution in [2.24, 2.45) is 17.8 Å². The van der Waals surface area contributed by atoms with Gasteiger partial charge in [-0.2, -0.15) is 0 Å². The molecule has 0 aromatic rings. The maximum atomic E-state index is 12.8. The fourth-order valence-electron chi connectivity index (χ4n) is 6.86. The molecule has 0 aromatic heterocycles. The highest BCUT2D eigenvalue weighted by molar-refractivity contribution is 5.88. The molecule has 4 unspecified atom stereocenters. The van der Waals surface area contributed by atoms with Crippen molar-refractivity contribution in [1.82, 2.24) is 0 Å². The summed E-state index contributed by atoms with van der Waals surface area (Å²) in [5.74, 6) is -0.667. The van der Waals surface area contributed by atoms with Gasteiger partial charge in [-0.05, 0) is 83.5 Å². The summed E-state index contributed by atoms with van der Waals surface area (Å²) in [6.45, 7) is 8.17. The number of carbonyl (C=O) groups is 3. The Bertz CT molecular complexity index is 800. The minimum absolute atomic E-state index is 0.162. The number of hydrogen-bond donors (Lipinski definition) is 0. The van der Waals surface area contributed by atoms with Crippen LogP contribution in [0.4, 0.5) is 0 Å². The monoisotopic (exact) mass is 492 g/mol. The van der Waals surface area contributed by atoms with Gasteiger partial charge in [-0.1, -0.05) is 25.8 Å². The van der Waals surface area contributed by atoms with Crippen LogP contribution >= 0.6 is 0 Å². The molecule has 4 bridgehead atoms. The third kappa shape index (κ3) is 6.45. The lowest BCUT2D eigenvalue weighted by Crippen LogP contribution is -2.60. The van der Waals surface area contributed by atoms with Gasteiger partial charge in [-0.3, -0.25) is 0 Å². The average molecular weight is 493 g/mol. The topological polar surface area (TPSA) is 97.4 Å². The Morgan fingerprint density at radius 3 is 2.29 bits per heavy atom. The molecule has 0 spiro atoms. The van der Waals surface area contributed by atoms with Gasteiger partial charge >= 0.3 is 17.9 Å². The predicted molar refractivity (Wildman–Crippen MR) is 126 cm³/mol. The summed E-state index contributed by atoms with van der Waals surface area (Å²) >= 11 is 0. The molecule has 5 rings (SSSR count). The smallest absolute Gasteiger partial charge is 0.344 e. The molecule has 0 radical (unpaired) electrons. The maximum Gasteiger partial charge on any atom is 0.344 e. The molecule has 5 saturated carbocycles. The molecule has 0 saturated heterocycles. The van der Waals surface area contributed by atoms with Crippen molar-refractivity contribution in [3.8, 4) is 0 Å². The zero-order chi connectivity index (χ0) is 25.2. The molecule has 5 aliphatic rings. The van der Waals surface area contributed by atoms with E-state index < -0.39 is 42.5 Å². The van der Waals surface area contributed by atoms with E-state index in [-0.39, 0.29) is 29.6 Å². The lowest BCUT2D eigenvalue weighted by molar-refractivity contribution is -0.237. The van der Waals surface area contributed by atoms with Crippen LogP contribution in [0.1, 0.15) is 85.0 Å². The van der Waals surface area contributed by atoms with Crippen LogP contribution in [0.3, 0.4) is 0 Å². The number of esters is 3. The van der Waals surface area contributed by atoms with Crippen molar-refractivity contribution >= 4 is 17.9 Å². The number of hydrogen-bond acceptors (Lipinski definition) is 8. The van der Waals surface area contributed by atoms with E-state index in [9.17, 15) is 14.4 Å². The summed E-state index contributed by atoms with van der Waals surface area (Å²) in [6, 6.07) is 0. The Morgan fingerprint density at radius 2 is 1.66 bits per heavy atom. The van der Waals surface area contributed by atoms with Crippen molar-refractivity contribution in [3.05, 3.63) is 12.2 Å². The first-order valence-electron chi connectivity index (χ1n) is 13.2. The molecule has 5 fully saturated rings. The van der Waals surface area contributed by atoms with Crippen molar-refractivity contribution in [2.75, 3.05) is 6.61 Å². The zero-order valence-electron chi connectivity index (χ0n) is 21.3. The first-order valence-corrected chi connectivity index (χ1v) is 13.2. The van der Waals surface area contributed by atoms with Crippen molar-refractivity contribution in [3.63, 3.8) is 0 Å². The first-order chi connectivity index (χ1) is 16.6. The van der Waals surface area contributed by atoms with Crippen molar-refractivity contribution in [1.29, 1.82) is 0 Å². The van der Waals surface area contributed by atoms with Gasteiger partial charge in [0.1, 0.15) is 6.10 Å². The summed E-state index contributed by atoms with van der Waals surface area (Å²) in [6.07, 6.45) is 8.65. The molecule has 0 N–H and O–H groups in total. The maximum absolute atomic E-state index is 12.8. The first kappa shape index (κ1) is 26.1. The highest BCUT2D eigenvalue weighted by Crippen LogP contribution is 2.58. The van der Waals surface area contributed by atoms with Crippen LogP contribution in [0.5, 0.6) is 0 Å². The Labute approximate surface area is 208 Å². The van der Waals surface area contributed by atoms with Crippen LogP contribution in [-0.2, 0) is 38.1 Å². The van der Waals surface area contributed by atoms with E-state index in [4.69, 9.17) is 23.7 Å². The quantitative estimate of drug-likeness (QED) is 0.193. The second kappa shape index (κ2) is 11.0. The van der Waals surface area contributed by atoms with Crippen LogP contribution in [-0.4, -0.2) is 54.7 Å². The molecule has 35 heavy (non-hydrogen) atoms. The fourth-order valence-corrected chi connectivity index (χ4v) is 6.86. The standard InChI is InChI=1S/C27H40O8/c1-16(2)25(29)31-15-23(28)34-24-20-10-19-11-21(24)14-27(12-19,13-20)35-17(3)26(30)33-18(4)32-22-8-6-5-7-9-22/h17-22,24H,1,5-15H2,2-4H3. The average Bonchev–Trinajstić information content (AvgIpc) is 2.79. The Morgan fingerprint density at radius 1 is 1.00 bits per heavy atom. The highest BCUT2D eigenvalue weighted by atomic mass is 16.7. The van der Waals surface area contributed by atoms with Gasteiger partial charge in [0.05, 0.1) is 11.7 Å². The van der Waals surface area contributed by atoms with Crippen LogP contribution in [0, 0.1) is 17.8 Å². The van der Waals surface area contributed by atoms with Gasteiger partial charge in [0.25, 0.3) is 0 Å². The van der Waals surface area contributed by atoms with Crippen LogP contribution in [0.2, 0.25) is 0 Å². The minimum atomic E-state index is -0.689. The summed E-state index contributed by atoms with van der Waals surface area (Å²) in [7, 11) is 0. The molecule has 196 valence electrons. The summed E-state index contributed by atoms with van der Waals surface area (Å²) in [5.41, 5.74) is -0.147. The molecular weight excluding hydrogens is 452 g/mol. The molecular formula is C27H40O8. The molecule has 8 heteroatoms. The van der Waals surface area contributed by atoms with Gasteiger partial charge < -0.3 is 23.7 Å². The SMILES string of the molecule is C=C(C)C(=O)OCC(=O)OC1C2CC3CC1CC(OC(C)C(=O)OC(C)OC1CCCCC1)(C3)C2. The van der Waals surface area contributed by atoms with Gasteiger partial charge in [0, 0.05) is 5.57 Å². The number of carbonyl (C=O) groups excluding carboxylic acids is 3. The predicted octanol–water partition coefficient (Wildman–Crippen LogP) is 4.24. The summed E-state index contributed by atoms with van der Waals surface area (Å²) in [5, 5.41) is 0. The Kier molecular flexibility index (Phi) is 8.21. The van der Waals surface area contributed by atoms with E-state index in [1.165, 1.54) is 13.3 Å². The van der Waals surface area contributed by atoms with E-state index in [0.717, 1.165) is 57.8 Å². The Hall–Kier alpha value is -1.93. The van der Waals surface area contributed by atoms with Crippen molar-refractivity contribution < 1.29 is 38.1 Å². The molecule has 0 amide bonds. The van der Waals surface area contributed by atoms with E-state index in [1.54, 1.807) is 13.8 Å². The summed E-state index contributed by atoms with van der Waals surface area (Å²) in [4.78, 5) is 36.6. The van der Waals surface area contributed by atoms with Gasteiger partial charge in [0.2, 0.25) is 6.29 Å². The molecule has 0 aliphatic heterocycles. The Balaban J connectivity index is 1.27. The molecule has 0 aromatic carbocycles. The number of rotatable bonds is 10. The van der Waals surface area contributed by atoms with Crippen LogP contribution in [0.25, 0.3) is 0 Å². The fraction of sp³-hybridized carbons (Fsp3) is 0.815.